The van der Waals surface area contributed by atoms with Gasteiger partial charge in [0, 0.05) is 0 Å². The normalized spacial score (nSPS) is 36.7. The summed E-state index contributed by atoms with van der Waals surface area (Å²) in [4.78, 5) is 0. The average molecular weight is 148 g/mol. The van der Waals surface area contributed by atoms with Crippen LogP contribution in [0.1, 0.15) is 19.3 Å². The number of hydrogen-bond acceptors (Lipinski definition) is 2. The van der Waals surface area contributed by atoms with Crippen molar-refractivity contribution in [2.45, 2.75) is 24.5 Å². The number of hydrogen-bond donors (Lipinski definition) is 1. The van der Waals surface area contributed by atoms with Crippen LogP contribution in [0.4, 0.5) is 0 Å². The lowest BCUT2D eigenvalue weighted by molar-refractivity contribution is 0.281. The fourth-order valence-corrected chi connectivity index (χ4v) is 2.51. The molecule has 0 aliphatic carbocycles. The Hall–Kier alpha value is 0.270. The first-order valence-corrected chi connectivity index (χ1v) is 4.71. The van der Waals surface area contributed by atoms with E-state index in [1.807, 2.05) is 0 Å². The van der Waals surface area contributed by atoms with E-state index in [0.717, 1.165) is 25.0 Å². The second-order valence-electron chi connectivity index (χ2n) is 2.39. The van der Waals surface area contributed by atoms with Gasteiger partial charge in [0.1, 0.15) is 11.0 Å². The van der Waals surface area contributed by atoms with Crippen molar-refractivity contribution in [2.24, 2.45) is 0 Å². The van der Waals surface area contributed by atoms with Crippen molar-refractivity contribution < 1.29 is 9.66 Å². The first kappa shape index (κ1) is 7.38. The summed E-state index contributed by atoms with van der Waals surface area (Å²) in [7, 11) is 0. The van der Waals surface area contributed by atoms with Crippen LogP contribution in [-0.4, -0.2) is 27.3 Å². The summed E-state index contributed by atoms with van der Waals surface area (Å²) >= 11 is -0.728. The van der Waals surface area contributed by atoms with Gasteiger partial charge in [-0.3, -0.25) is 0 Å². The van der Waals surface area contributed by atoms with E-state index in [-0.39, 0.29) is 11.9 Å². The van der Waals surface area contributed by atoms with E-state index in [9.17, 15) is 4.55 Å². The topological polar surface area (TPSA) is 43.3 Å². The van der Waals surface area contributed by atoms with E-state index in [2.05, 4.69) is 0 Å². The van der Waals surface area contributed by atoms with Crippen molar-refractivity contribution in [2.75, 3.05) is 12.4 Å². The van der Waals surface area contributed by atoms with Crippen molar-refractivity contribution in [3.8, 4) is 0 Å². The Balaban J connectivity index is 2.30. The fourth-order valence-electron chi connectivity index (χ4n) is 1.09. The predicted octanol–water partition coefficient (Wildman–Crippen LogP) is 0.280. The summed E-state index contributed by atoms with van der Waals surface area (Å²) < 4.78 is 11.0. The molecule has 0 amide bonds. The Morgan fingerprint density at radius 1 is 1.56 bits per heavy atom. The summed E-state index contributed by atoms with van der Waals surface area (Å²) in [6, 6.07) is 0. The highest BCUT2D eigenvalue weighted by Gasteiger charge is 2.24. The Kier molecular flexibility index (Phi) is 2.82. The second kappa shape index (κ2) is 3.44. The minimum atomic E-state index is -0.728. The van der Waals surface area contributed by atoms with E-state index in [0.29, 0.717) is 0 Å². The third-order valence-electron chi connectivity index (χ3n) is 1.70. The molecule has 54 valence electrons. The zero-order valence-corrected chi connectivity index (χ0v) is 6.19. The lowest BCUT2D eigenvalue weighted by Crippen LogP contribution is -2.31. The van der Waals surface area contributed by atoms with Gasteiger partial charge in [-0.1, -0.05) is 0 Å². The first-order valence-electron chi connectivity index (χ1n) is 3.32. The molecule has 2 nitrogen and oxygen atoms in total. The van der Waals surface area contributed by atoms with Crippen molar-refractivity contribution in [1.29, 1.82) is 0 Å². The van der Waals surface area contributed by atoms with Crippen molar-refractivity contribution in [1.82, 2.24) is 0 Å². The molecular weight excluding hydrogens is 136 g/mol. The molecule has 1 aliphatic rings. The van der Waals surface area contributed by atoms with Crippen molar-refractivity contribution in [3.05, 3.63) is 0 Å². The van der Waals surface area contributed by atoms with Crippen LogP contribution >= 0.6 is 0 Å². The lowest BCUT2D eigenvalue weighted by Gasteiger charge is -2.23. The summed E-state index contributed by atoms with van der Waals surface area (Å²) in [6.45, 7) is 0.104. The highest BCUT2D eigenvalue weighted by atomic mass is 32.2. The Bertz CT molecular complexity index is 87.1. The summed E-state index contributed by atoms with van der Waals surface area (Å²) in [6.07, 6.45) is 3.16. The third-order valence-corrected chi connectivity index (χ3v) is 3.52. The largest absolute Gasteiger partial charge is 0.616 e. The highest BCUT2D eigenvalue weighted by Crippen LogP contribution is 2.18. The maximum Gasteiger partial charge on any atom is 0.138 e. The zero-order valence-electron chi connectivity index (χ0n) is 5.38. The van der Waals surface area contributed by atoms with E-state index < -0.39 is 11.2 Å². The lowest BCUT2D eigenvalue weighted by atomic mass is 10.2. The van der Waals surface area contributed by atoms with Gasteiger partial charge >= 0.3 is 0 Å². The molecule has 1 aliphatic heterocycles. The van der Waals surface area contributed by atoms with Crippen LogP contribution in [0.25, 0.3) is 0 Å². The van der Waals surface area contributed by atoms with Gasteiger partial charge in [-0.05, 0) is 30.4 Å². The molecule has 9 heavy (non-hydrogen) atoms. The number of aliphatic hydroxyl groups is 1. The fraction of sp³-hybridized carbons (Fsp3) is 1.00. The molecular formula is C6H12O2S. The average Bonchev–Trinajstić information content (AvgIpc) is 1.89. The Labute approximate surface area is 58.4 Å². The molecule has 3 heteroatoms. The molecule has 1 saturated heterocycles. The molecule has 0 aromatic carbocycles. The molecule has 0 radical (unpaired) electrons. The van der Waals surface area contributed by atoms with E-state index >= 15 is 0 Å². The van der Waals surface area contributed by atoms with Gasteiger partial charge in [0.2, 0.25) is 0 Å². The first-order chi connectivity index (χ1) is 4.34. The minimum Gasteiger partial charge on any atom is -0.616 e. The van der Waals surface area contributed by atoms with Gasteiger partial charge in [-0.25, -0.2) is 0 Å². The molecule has 1 heterocycles. The van der Waals surface area contributed by atoms with E-state index in [1.165, 1.54) is 0 Å². The molecule has 0 aromatic heterocycles. The molecule has 2 atom stereocenters. The van der Waals surface area contributed by atoms with Gasteiger partial charge in [-0.15, -0.1) is 0 Å². The second-order valence-corrected chi connectivity index (χ2v) is 4.22. The van der Waals surface area contributed by atoms with Gasteiger partial charge in [0.25, 0.3) is 0 Å². The van der Waals surface area contributed by atoms with Gasteiger partial charge in [0.05, 0.1) is 6.61 Å². The van der Waals surface area contributed by atoms with Crippen LogP contribution in [0.2, 0.25) is 0 Å². The summed E-state index contributed by atoms with van der Waals surface area (Å²) in [5.74, 6) is 0.797. The van der Waals surface area contributed by atoms with Crippen LogP contribution in [-0.2, 0) is 11.2 Å². The van der Waals surface area contributed by atoms with Crippen LogP contribution in [0.15, 0.2) is 0 Å². The molecule has 0 saturated carbocycles. The quantitative estimate of drug-likeness (QED) is 0.543. The Morgan fingerprint density at radius 3 is 2.78 bits per heavy atom. The molecule has 0 bridgehead atoms. The molecule has 1 fully saturated rings. The Morgan fingerprint density at radius 2 is 2.33 bits per heavy atom. The van der Waals surface area contributed by atoms with E-state index in [4.69, 9.17) is 5.11 Å². The number of rotatable bonds is 1. The van der Waals surface area contributed by atoms with Crippen LogP contribution in [0, 0.1) is 0 Å². The van der Waals surface area contributed by atoms with Gasteiger partial charge in [0.15, 0.2) is 0 Å². The number of aliphatic hydroxyl groups excluding tert-OH is 1. The van der Waals surface area contributed by atoms with Crippen LogP contribution < -0.4 is 0 Å². The highest BCUT2D eigenvalue weighted by molar-refractivity contribution is 7.92. The smallest absolute Gasteiger partial charge is 0.138 e. The van der Waals surface area contributed by atoms with Gasteiger partial charge in [-0.2, -0.15) is 0 Å². The molecule has 1 rings (SSSR count). The maximum atomic E-state index is 11.0. The third kappa shape index (κ3) is 1.85. The monoisotopic (exact) mass is 148 g/mol. The van der Waals surface area contributed by atoms with Crippen LogP contribution in [0.3, 0.4) is 0 Å². The summed E-state index contributed by atoms with van der Waals surface area (Å²) in [5, 5.41) is 8.75. The standard InChI is InChI=1S/C6H12O2S/c7-5-6-3-1-2-4-9(6)8/h6-7H,1-5H2. The predicted molar refractivity (Wildman–Crippen MR) is 37.7 cm³/mol. The maximum absolute atomic E-state index is 11.0. The molecule has 1 N–H and O–H groups in total. The van der Waals surface area contributed by atoms with Crippen molar-refractivity contribution >= 4 is 11.2 Å². The molecule has 2 unspecified atom stereocenters. The van der Waals surface area contributed by atoms with Crippen LogP contribution in [0.5, 0.6) is 0 Å². The zero-order chi connectivity index (χ0) is 6.69. The summed E-state index contributed by atoms with van der Waals surface area (Å²) in [5.41, 5.74) is 0. The van der Waals surface area contributed by atoms with Gasteiger partial charge < -0.3 is 9.66 Å². The molecule has 0 aromatic rings. The molecule has 0 spiro atoms. The minimum absolute atomic E-state index is 0.0822. The van der Waals surface area contributed by atoms with Crippen molar-refractivity contribution in [3.63, 3.8) is 0 Å². The van der Waals surface area contributed by atoms with E-state index in [1.54, 1.807) is 0 Å². The SMILES string of the molecule is [O-][S+]1CCCCC1CO.